The van der Waals surface area contributed by atoms with Crippen molar-refractivity contribution in [3.8, 4) is 11.1 Å². The van der Waals surface area contributed by atoms with Crippen LogP contribution < -0.4 is 5.32 Å². The van der Waals surface area contributed by atoms with Gasteiger partial charge >= 0.3 is 0 Å². The normalized spacial score (nSPS) is 22.1. The Morgan fingerprint density at radius 1 is 0.952 bits per heavy atom. The van der Waals surface area contributed by atoms with Crippen LogP contribution in [0.15, 0.2) is 54.6 Å². The highest BCUT2D eigenvalue weighted by molar-refractivity contribution is 5.63. The third-order valence-corrected chi connectivity index (χ3v) is 4.60. The van der Waals surface area contributed by atoms with Crippen LogP contribution in [0.1, 0.15) is 31.7 Å². The first kappa shape index (κ1) is 14.3. The predicted molar refractivity (Wildman–Crippen MR) is 90.4 cm³/mol. The van der Waals surface area contributed by atoms with Crippen molar-refractivity contribution in [3.05, 3.63) is 60.2 Å². The van der Waals surface area contributed by atoms with E-state index in [1.807, 2.05) is 0 Å². The summed E-state index contributed by atoms with van der Waals surface area (Å²) in [4.78, 5) is 0. The number of aryl methyl sites for hydroxylation is 1. The summed E-state index contributed by atoms with van der Waals surface area (Å²) in [5.41, 5.74) is 4.06. The molecule has 3 rings (SSSR count). The minimum Gasteiger partial charge on any atom is -0.314 e. The van der Waals surface area contributed by atoms with Crippen molar-refractivity contribution < 1.29 is 0 Å². The first-order valence-corrected chi connectivity index (χ1v) is 8.19. The molecule has 1 heteroatoms. The standard InChI is InChI=1S/C20H25N/c1-16-13-14-21-20(15-16)12-9-17-7-10-19(11-8-17)18-5-3-2-4-6-18/h2-8,10-11,16,20-21H,9,12-15H2,1H3. The first-order valence-electron chi connectivity index (χ1n) is 8.19. The summed E-state index contributed by atoms with van der Waals surface area (Å²) in [6, 6.07) is 20.4. The third-order valence-electron chi connectivity index (χ3n) is 4.60. The smallest absolute Gasteiger partial charge is 0.00727 e. The summed E-state index contributed by atoms with van der Waals surface area (Å²) >= 11 is 0. The van der Waals surface area contributed by atoms with Gasteiger partial charge in [0.2, 0.25) is 0 Å². The average molecular weight is 279 g/mol. The molecule has 1 heterocycles. The zero-order valence-corrected chi connectivity index (χ0v) is 12.9. The van der Waals surface area contributed by atoms with Crippen LogP contribution in [0.25, 0.3) is 11.1 Å². The van der Waals surface area contributed by atoms with E-state index in [1.165, 1.54) is 48.9 Å². The zero-order chi connectivity index (χ0) is 14.5. The molecular weight excluding hydrogens is 254 g/mol. The second kappa shape index (κ2) is 6.91. The van der Waals surface area contributed by atoms with Crippen LogP contribution in [-0.4, -0.2) is 12.6 Å². The molecule has 1 N–H and O–H groups in total. The van der Waals surface area contributed by atoms with Gasteiger partial charge in [-0.05, 0) is 54.8 Å². The van der Waals surface area contributed by atoms with Gasteiger partial charge in [-0.15, -0.1) is 0 Å². The van der Waals surface area contributed by atoms with E-state index < -0.39 is 0 Å². The van der Waals surface area contributed by atoms with Gasteiger partial charge in [-0.2, -0.15) is 0 Å². The first-order chi connectivity index (χ1) is 10.3. The molecule has 2 atom stereocenters. The Balaban J connectivity index is 1.57. The van der Waals surface area contributed by atoms with Gasteiger partial charge in [-0.1, -0.05) is 61.5 Å². The van der Waals surface area contributed by atoms with Crippen LogP contribution in [0.3, 0.4) is 0 Å². The van der Waals surface area contributed by atoms with Crippen LogP contribution in [0, 0.1) is 5.92 Å². The van der Waals surface area contributed by atoms with Gasteiger partial charge in [0.15, 0.2) is 0 Å². The lowest BCUT2D eigenvalue weighted by Gasteiger charge is -2.28. The van der Waals surface area contributed by atoms with Crippen molar-refractivity contribution >= 4 is 0 Å². The molecule has 2 aromatic carbocycles. The summed E-state index contributed by atoms with van der Waals surface area (Å²) in [5.74, 6) is 0.886. The number of benzene rings is 2. The Morgan fingerprint density at radius 2 is 1.67 bits per heavy atom. The molecule has 0 spiro atoms. The second-order valence-corrected chi connectivity index (χ2v) is 6.38. The quantitative estimate of drug-likeness (QED) is 0.857. The Hall–Kier alpha value is -1.60. The maximum Gasteiger partial charge on any atom is 0.00727 e. The fourth-order valence-corrected chi connectivity index (χ4v) is 3.28. The molecule has 0 saturated carbocycles. The number of hydrogen-bond acceptors (Lipinski definition) is 1. The van der Waals surface area contributed by atoms with E-state index in [9.17, 15) is 0 Å². The predicted octanol–water partition coefficient (Wildman–Crippen LogP) is 4.67. The minimum atomic E-state index is 0.711. The van der Waals surface area contributed by atoms with Gasteiger partial charge in [0, 0.05) is 6.04 Å². The molecule has 1 aliphatic heterocycles. The lowest BCUT2D eigenvalue weighted by Crippen LogP contribution is -2.37. The van der Waals surface area contributed by atoms with Crippen LogP contribution >= 0.6 is 0 Å². The van der Waals surface area contributed by atoms with Gasteiger partial charge in [0.25, 0.3) is 0 Å². The second-order valence-electron chi connectivity index (χ2n) is 6.38. The highest BCUT2D eigenvalue weighted by Crippen LogP contribution is 2.21. The van der Waals surface area contributed by atoms with E-state index in [2.05, 4.69) is 66.8 Å². The molecule has 1 fully saturated rings. The maximum atomic E-state index is 3.66. The summed E-state index contributed by atoms with van der Waals surface area (Å²) in [6.07, 6.45) is 5.11. The van der Waals surface area contributed by atoms with E-state index in [-0.39, 0.29) is 0 Å². The van der Waals surface area contributed by atoms with E-state index >= 15 is 0 Å². The van der Waals surface area contributed by atoms with E-state index in [4.69, 9.17) is 0 Å². The molecule has 0 aromatic heterocycles. The lowest BCUT2D eigenvalue weighted by molar-refractivity contribution is 0.308. The fraction of sp³-hybridized carbons (Fsp3) is 0.400. The molecule has 21 heavy (non-hydrogen) atoms. The van der Waals surface area contributed by atoms with Crippen LogP contribution in [0.5, 0.6) is 0 Å². The Labute approximate surface area is 128 Å². The fourth-order valence-electron chi connectivity index (χ4n) is 3.28. The lowest BCUT2D eigenvalue weighted by atomic mass is 9.90. The molecule has 1 saturated heterocycles. The van der Waals surface area contributed by atoms with Crippen LogP contribution in [0.4, 0.5) is 0 Å². The van der Waals surface area contributed by atoms with Crippen LogP contribution in [0.2, 0.25) is 0 Å². The summed E-state index contributed by atoms with van der Waals surface area (Å²) in [7, 11) is 0. The summed E-state index contributed by atoms with van der Waals surface area (Å²) in [6.45, 7) is 3.57. The van der Waals surface area contributed by atoms with Crippen molar-refractivity contribution in [1.82, 2.24) is 5.32 Å². The molecule has 0 amide bonds. The molecule has 2 aromatic rings. The van der Waals surface area contributed by atoms with Gasteiger partial charge < -0.3 is 5.32 Å². The minimum absolute atomic E-state index is 0.711. The Kier molecular flexibility index (Phi) is 4.72. The molecule has 110 valence electrons. The van der Waals surface area contributed by atoms with Gasteiger partial charge in [0.05, 0.1) is 0 Å². The summed E-state index contributed by atoms with van der Waals surface area (Å²) in [5, 5.41) is 3.66. The molecule has 0 aliphatic carbocycles. The number of piperidine rings is 1. The van der Waals surface area contributed by atoms with Crippen molar-refractivity contribution in [2.75, 3.05) is 6.54 Å². The van der Waals surface area contributed by atoms with Gasteiger partial charge in [0.1, 0.15) is 0 Å². The average Bonchev–Trinajstić information content (AvgIpc) is 2.54. The molecule has 0 radical (unpaired) electrons. The Bertz CT molecular complexity index is 544. The van der Waals surface area contributed by atoms with Crippen LogP contribution in [-0.2, 0) is 6.42 Å². The number of hydrogen-bond donors (Lipinski definition) is 1. The molecule has 0 bridgehead atoms. The summed E-state index contributed by atoms with van der Waals surface area (Å²) < 4.78 is 0. The molecule has 2 unspecified atom stereocenters. The zero-order valence-electron chi connectivity index (χ0n) is 12.9. The topological polar surface area (TPSA) is 12.0 Å². The van der Waals surface area contributed by atoms with E-state index in [0.29, 0.717) is 6.04 Å². The van der Waals surface area contributed by atoms with Gasteiger partial charge in [-0.25, -0.2) is 0 Å². The highest BCUT2D eigenvalue weighted by atomic mass is 14.9. The number of rotatable bonds is 4. The van der Waals surface area contributed by atoms with Gasteiger partial charge in [-0.3, -0.25) is 0 Å². The molecular formula is C20H25N. The van der Waals surface area contributed by atoms with Crippen molar-refractivity contribution in [2.24, 2.45) is 5.92 Å². The van der Waals surface area contributed by atoms with E-state index in [1.54, 1.807) is 0 Å². The van der Waals surface area contributed by atoms with Crippen molar-refractivity contribution in [2.45, 2.75) is 38.6 Å². The number of nitrogens with one attached hydrogen (secondary N) is 1. The molecule has 1 aliphatic rings. The molecule has 1 nitrogen and oxygen atoms in total. The SMILES string of the molecule is CC1CCNC(CCc2ccc(-c3ccccc3)cc2)C1. The van der Waals surface area contributed by atoms with Crippen molar-refractivity contribution in [1.29, 1.82) is 0 Å². The maximum absolute atomic E-state index is 3.66. The van der Waals surface area contributed by atoms with Crippen molar-refractivity contribution in [3.63, 3.8) is 0 Å². The third kappa shape index (κ3) is 3.95. The highest BCUT2D eigenvalue weighted by Gasteiger charge is 2.17. The monoisotopic (exact) mass is 279 g/mol. The largest absolute Gasteiger partial charge is 0.314 e. The Morgan fingerprint density at radius 3 is 2.38 bits per heavy atom. The van der Waals surface area contributed by atoms with E-state index in [0.717, 1.165) is 5.92 Å².